The normalized spacial score (nSPS) is 14.4. The Morgan fingerprint density at radius 1 is 1.47 bits per heavy atom. The number of aryl methyl sites for hydroxylation is 1. The van der Waals surface area contributed by atoms with Gasteiger partial charge in [0.1, 0.15) is 5.82 Å². The molecule has 0 atom stereocenters. The van der Waals surface area contributed by atoms with Crippen LogP contribution in [-0.2, 0) is 0 Å². The Morgan fingerprint density at radius 3 is 2.89 bits per heavy atom. The maximum atomic E-state index is 10.9. The minimum atomic E-state index is -0.906. The highest BCUT2D eigenvalue weighted by molar-refractivity contribution is 7.09. The molecule has 0 radical (unpaired) electrons. The van der Waals surface area contributed by atoms with E-state index in [1.165, 1.54) is 24.4 Å². The highest BCUT2D eigenvalue weighted by atomic mass is 32.1. The molecule has 1 aliphatic carbocycles. The molecule has 1 heterocycles. The van der Waals surface area contributed by atoms with E-state index in [1.54, 1.807) is 19.1 Å². The molecule has 1 fully saturated rings. The summed E-state index contributed by atoms with van der Waals surface area (Å²) in [6.45, 7) is 1.78. The lowest BCUT2D eigenvalue weighted by molar-refractivity contribution is 0.0696. The smallest absolute Gasteiger partial charge is 0.335 e. The number of carboxylic acids is 1. The van der Waals surface area contributed by atoms with Gasteiger partial charge in [0, 0.05) is 23.1 Å². The molecule has 0 amide bonds. The van der Waals surface area contributed by atoms with Crippen molar-refractivity contribution in [3.05, 3.63) is 35.2 Å². The number of nitrogens with zero attached hydrogens (tertiary/aromatic N) is 2. The number of aromatic nitrogens is 2. The van der Waals surface area contributed by atoms with Crippen LogP contribution in [0, 0.1) is 6.92 Å². The number of aromatic carboxylic acids is 1. The van der Waals surface area contributed by atoms with E-state index in [0.29, 0.717) is 11.5 Å². The van der Waals surface area contributed by atoms with E-state index >= 15 is 0 Å². The molecule has 98 valence electrons. The van der Waals surface area contributed by atoms with Crippen molar-refractivity contribution in [2.75, 3.05) is 5.32 Å². The summed E-state index contributed by atoms with van der Waals surface area (Å²) >= 11 is 1.34. The van der Waals surface area contributed by atoms with Crippen LogP contribution in [0.2, 0.25) is 0 Å². The molecule has 2 N–H and O–H groups in total. The summed E-state index contributed by atoms with van der Waals surface area (Å²) in [5, 5.41) is 12.9. The van der Waals surface area contributed by atoms with Crippen molar-refractivity contribution in [2.45, 2.75) is 25.7 Å². The molecule has 19 heavy (non-hydrogen) atoms. The van der Waals surface area contributed by atoms with Crippen LogP contribution >= 0.6 is 11.5 Å². The predicted octanol–water partition coefficient (Wildman–Crippen LogP) is 3.17. The summed E-state index contributed by atoms with van der Waals surface area (Å²) in [5.74, 6) is 0.560. The Labute approximate surface area is 114 Å². The molecule has 0 bridgehead atoms. The number of rotatable bonds is 4. The minimum Gasteiger partial charge on any atom is -0.478 e. The second-order valence-corrected chi connectivity index (χ2v) is 5.44. The molecule has 0 saturated heterocycles. The molecule has 2 aromatic rings. The van der Waals surface area contributed by atoms with Crippen LogP contribution in [0.15, 0.2) is 18.2 Å². The van der Waals surface area contributed by atoms with Crippen LogP contribution in [0.25, 0.3) is 0 Å². The molecule has 0 aliphatic heterocycles. The SMILES string of the molecule is Cc1cc(Nc2nc(C3CC3)ns2)ccc1C(=O)O. The van der Waals surface area contributed by atoms with Crippen molar-refractivity contribution in [3.63, 3.8) is 0 Å². The van der Waals surface area contributed by atoms with Crippen molar-refractivity contribution in [1.82, 2.24) is 9.36 Å². The fourth-order valence-corrected chi connectivity index (χ4v) is 2.57. The van der Waals surface area contributed by atoms with E-state index in [1.807, 2.05) is 6.07 Å². The minimum absolute atomic E-state index is 0.321. The first-order chi connectivity index (χ1) is 9.13. The zero-order valence-corrected chi connectivity index (χ0v) is 11.2. The van der Waals surface area contributed by atoms with Gasteiger partial charge >= 0.3 is 5.97 Å². The second-order valence-electron chi connectivity index (χ2n) is 4.69. The third-order valence-electron chi connectivity index (χ3n) is 3.09. The number of hydrogen-bond donors (Lipinski definition) is 2. The van der Waals surface area contributed by atoms with Crippen LogP contribution < -0.4 is 5.32 Å². The molecular weight excluding hydrogens is 262 g/mol. The van der Waals surface area contributed by atoms with Crippen LogP contribution in [0.1, 0.15) is 40.5 Å². The molecule has 1 aromatic heterocycles. The summed E-state index contributed by atoms with van der Waals surface area (Å²) in [6.07, 6.45) is 2.37. The van der Waals surface area contributed by atoms with Crippen molar-refractivity contribution >= 4 is 28.3 Å². The van der Waals surface area contributed by atoms with E-state index in [9.17, 15) is 4.79 Å². The van der Waals surface area contributed by atoms with E-state index in [-0.39, 0.29) is 0 Å². The summed E-state index contributed by atoms with van der Waals surface area (Å²) < 4.78 is 4.32. The topological polar surface area (TPSA) is 75.1 Å². The Kier molecular flexibility index (Phi) is 2.94. The van der Waals surface area contributed by atoms with Crippen molar-refractivity contribution < 1.29 is 9.90 Å². The summed E-state index contributed by atoms with van der Waals surface area (Å²) in [4.78, 5) is 15.4. The first-order valence-electron chi connectivity index (χ1n) is 6.08. The van der Waals surface area contributed by atoms with E-state index in [2.05, 4.69) is 14.7 Å². The van der Waals surface area contributed by atoms with Gasteiger partial charge in [-0.2, -0.15) is 4.37 Å². The summed E-state index contributed by atoms with van der Waals surface area (Å²) in [5.41, 5.74) is 1.88. The standard InChI is InChI=1S/C13H13N3O2S/c1-7-6-9(4-5-10(7)12(17)18)14-13-15-11(16-19-13)8-2-3-8/h4-6,8H,2-3H2,1H3,(H,17,18)(H,14,15,16). The number of nitrogens with one attached hydrogen (secondary N) is 1. The maximum absolute atomic E-state index is 10.9. The molecule has 5 nitrogen and oxygen atoms in total. The lowest BCUT2D eigenvalue weighted by Gasteiger charge is -2.05. The van der Waals surface area contributed by atoms with Crippen molar-refractivity contribution in [1.29, 1.82) is 0 Å². The van der Waals surface area contributed by atoms with Gasteiger partial charge in [-0.05, 0) is 43.5 Å². The zero-order chi connectivity index (χ0) is 13.4. The Bertz CT molecular complexity index is 635. The quantitative estimate of drug-likeness (QED) is 0.896. The molecule has 1 aliphatic rings. The number of anilines is 2. The molecule has 0 spiro atoms. The fraction of sp³-hybridized carbons (Fsp3) is 0.308. The highest BCUT2D eigenvalue weighted by Crippen LogP contribution is 2.39. The molecule has 1 aromatic carbocycles. The van der Waals surface area contributed by atoms with Crippen LogP contribution in [-0.4, -0.2) is 20.4 Å². The number of benzene rings is 1. The first kappa shape index (κ1) is 12.1. The molecule has 6 heteroatoms. The average molecular weight is 275 g/mol. The number of carbonyl (C=O) groups is 1. The molecule has 3 rings (SSSR count). The van der Waals surface area contributed by atoms with Gasteiger partial charge in [0.15, 0.2) is 0 Å². The van der Waals surface area contributed by atoms with Crippen molar-refractivity contribution in [2.24, 2.45) is 0 Å². The summed E-state index contributed by atoms with van der Waals surface area (Å²) in [7, 11) is 0. The molecular formula is C13H13N3O2S. The van der Waals surface area contributed by atoms with Gasteiger partial charge in [0.05, 0.1) is 5.56 Å². The van der Waals surface area contributed by atoms with E-state index < -0.39 is 5.97 Å². The van der Waals surface area contributed by atoms with Gasteiger partial charge in [0.25, 0.3) is 0 Å². The van der Waals surface area contributed by atoms with Crippen LogP contribution in [0.5, 0.6) is 0 Å². The van der Waals surface area contributed by atoms with Gasteiger partial charge in [-0.1, -0.05) is 0 Å². The zero-order valence-electron chi connectivity index (χ0n) is 10.4. The summed E-state index contributed by atoms with van der Waals surface area (Å²) in [6, 6.07) is 5.15. The molecule has 0 unspecified atom stereocenters. The third-order valence-corrected chi connectivity index (χ3v) is 3.74. The van der Waals surface area contributed by atoms with Gasteiger partial charge in [0.2, 0.25) is 5.13 Å². The Balaban J connectivity index is 1.78. The van der Waals surface area contributed by atoms with E-state index in [4.69, 9.17) is 5.11 Å². The van der Waals surface area contributed by atoms with Crippen LogP contribution in [0.4, 0.5) is 10.8 Å². The van der Waals surface area contributed by atoms with Gasteiger partial charge < -0.3 is 10.4 Å². The fourth-order valence-electron chi connectivity index (χ4n) is 1.90. The van der Waals surface area contributed by atoms with Crippen LogP contribution in [0.3, 0.4) is 0 Å². The predicted molar refractivity (Wildman–Crippen MR) is 73.3 cm³/mol. The third kappa shape index (κ3) is 2.58. The lowest BCUT2D eigenvalue weighted by Crippen LogP contribution is -2.00. The number of carboxylic acid groups (broad SMARTS) is 1. The van der Waals surface area contributed by atoms with Crippen molar-refractivity contribution in [3.8, 4) is 0 Å². The lowest BCUT2D eigenvalue weighted by atomic mass is 10.1. The second kappa shape index (κ2) is 4.62. The number of hydrogen-bond acceptors (Lipinski definition) is 5. The first-order valence-corrected chi connectivity index (χ1v) is 6.85. The van der Waals surface area contributed by atoms with E-state index in [0.717, 1.165) is 22.2 Å². The van der Waals surface area contributed by atoms with Gasteiger partial charge in [-0.3, -0.25) is 0 Å². The highest BCUT2D eigenvalue weighted by Gasteiger charge is 2.27. The monoisotopic (exact) mass is 275 g/mol. The van der Waals surface area contributed by atoms with Gasteiger partial charge in [-0.25, -0.2) is 9.78 Å². The largest absolute Gasteiger partial charge is 0.478 e. The average Bonchev–Trinajstić information content (AvgIpc) is 3.10. The van der Waals surface area contributed by atoms with Gasteiger partial charge in [-0.15, -0.1) is 0 Å². The maximum Gasteiger partial charge on any atom is 0.335 e. The Hall–Kier alpha value is -1.95. The Morgan fingerprint density at radius 2 is 2.26 bits per heavy atom. The molecule has 1 saturated carbocycles.